The molecule has 0 aliphatic rings. The van der Waals surface area contributed by atoms with E-state index in [1.165, 1.54) is 5.56 Å². The van der Waals surface area contributed by atoms with Crippen LogP contribution in [-0.4, -0.2) is 25.7 Å². The highest BCUT2D eigenvalue weighted by atomic mass is 28.4. The third-order valence-corrected chi connectivity index (χ3v) is 12.4. The first kappa shape index (κ1) is 26.5. The minimum Gasteiger partial charge on any atom is -0.548 e. The van der Waals surface area contributed by atoms with E-state index in [0.717, 1.165) is 19.3 Å². The zero-order valence-electron chi connectivity index (χ0n) is 20.7. The molecule has 0 aliphatic heterocycles. The second-order valence-electron chi connectivity index (χ2n) is 9.40. The first-order chi connectivity index (χ1) is 14.2. The highest BCUT2D eigenvalue weighted by Crippen LogP contribution is 2.42. The standard InChI is InChI=1S/C26H45NO2Si/c1-9-10-12-18-26(28)27(24(8)25-16-13-11-14-17-25)19-15-20-29-30(21(2)3,22(4)5)23(6)7/h11,13-17,20-24H,9-10,12,18-19H2,1-8H3/b20-15+/t24-/m1/s1. The molecule has 0 saturated heterocycles. The molecule has 0 fully saturated rings. The Labute approximate surface area is 187 Å². The van der Waals surface area contributed by atoms with E-state index in [1.54, 1.807) is 0 Å². The van der Waals surface area contributed by atoms with Gasteiger partial charge in [-0.1, -0.05) is 91.6 Å². The molecule has 3 nitrogen and oxygen atoms in total. The summed E-state index contributed by atoms with van der Waals surface area (Å²) in [6, 6.07) is 10.4. The summed E-state index contributed by atoms with van der Waals surface area (Å²) in [6.07, 6.45) is 7.74. The second kappa shape index (κ2) is 13.0. The summed E-state index contributed by atoms with van der Waals surface area (Å²) in [5.74, 6) is 0.226. The van der Waals surface area contributed by atoms with E-state index in [0.29, 0.717) is 29.6 Å². The van der Waals surface area contributed by atoms with Gasteiger partial charge < -0.3 is 9.33 Å². The summed E-state index contributed by atoms with van der Waals surface area (Å²) in [5, 5.41) is 0. The lowest BCUT2D eigenvalue weighted by atomic mass is 10.1. The van der Waals surface area contributed by atoms with Gasteiger partial charge >= 0.3 is 0 Å². The molecular weight excluding hydrogens is 386 g/mol. The van der Waals surface area contributed by atoms with E-state index in [9.17, 15) is 4.79 Å². The fourth-order valence-electron chi connectivity index (χ4n) is 4.79. The van der Waals surface area contributed by atoms with Crippen molar-refractivity contribution < 1.29 is 9.22 Å². The van der Waals surface area contributed by atoms with Gasteiger partial charge in [0.25, 0.3) is 8.32 Å². The normalized spacial score (nSPS) is 13.4. The first-order valence-electron chi connectivity index (χ1n) is 11.9. The number of hydrogen-bond donors (Lipinski definition) is 0. The number of unbranched alkanes of at least 4 members (excludes halogenated alkanes) is 2. The molecule has 0 heterocycles. The summed E-state index contributed by atoms with van der Waals surface area (Å²) in [5.41, 5.74) is 2.79. The van der Waals surface area contributed by atoms with Gasteiger partial charge in [0.1, 0.15) is 0 Å². The van der Waals surface area contributed by atoms with Crippen LogP contribution in [0.3, 0.4) is 0 Å². The Balaban J connectivity index is 2.96. The van der Waals surface area contributed by atoms with Crippen molar-refractivity contribution in [3.05, 3.63) is 48.2 Å². The van der Waals surface area contributed by atoms with Crippen LogP contribution in [0.25, 0.3) is 0 Å². The molecule has 1 amide bonds. The quantitative estimate of drug-likeness (QED) is 0.181. The van der Waals surface area contributed by atoms with Crippen LogP contribution in [0.15, 0.2) is 42.7 Å². The van der Waals surface area contributed by atoms with Gasteiger partial charge in [0.15, 0.2) is 0 Å². The average molecular weight is 432 g/mol. The van der Waals surface area contributed by atoms with E-state index >= 15 is 0 Å². The molecule has 0 bridgehead atoms. The monoisotopic (exact) mass is 431 g/mol. The molecule has 1 rings (SSSR count). The predicted octanol–water partition coefficient (Wildman–Crippen LogP) is 7.86. The SMILES string of the molecule is CCCCCC(=O)N(C/C=C/O[Si](C(C)C)(C(C)C)C(C)C)[C@H](C)c1ccccc1. The zero-order valence-corrected chi connectivity index (χ0v) is 21.7. The molecule has 1 aromatic rings. The maximum atomic E-state index is 13.0. The van der Waals surface area contributed by atoms with Crippen molar-refractivity contribution in [1.82, 2.24) is 4.90 Å². The van der Waals surface area contributed by atoms with E-state index in [4.69, 9.17) is 4.43 Å². The summed E-state index contributed by atoms with van der Waals surface area (Å²) in [4.78, 5) is 15.0. The lowest BCUT2D eigenvalue weighted by Crippen LogP contribution is -2.46. The molecular formula is C26H45NO2Si. The van der Waals surface area contributed by atoms with Gasteiger partial charge in [0, 0.05) is 13.0 Å². The van der Waals surface area contributed by atoms with Crippen LogP contribution in [0.4, 0.5) is 0 Å². The average Bonchev–Trinajstić information content (AvgIpc) is 2.70. The van der Waals surface area contributed by atoms with Crippen LogP contribution in [-0.2, 0) is 9.22 Å². The van der Waals surface area contributed by atoms with Crippen molar-refractivity contribution >= 4 is 14.2 Å². The maximum Gasteiger partial charge on any atom is 0.257 e. The topological polar surface area (TPSA) is 29.5 Å². The molecule has 4 heteroatoms. The van der Waals surface area contributed by atoms with Crippen LogP contribution in [0.1, 0.15) is 92.7 Å². The Hall–Kier alpha value is -1.55. The number of benzene rings is 1. The molecule has 0 saturated carbocycles. The Morgan fingerprint density at radius 1 is 0.967 bits per heavy atom. The molecule has 30 heavy (non-hydrogen) atoms. The number of rotatable bonds is 13. The fourth-order valence-corrected chi connectivity index (χ4v) is 9.94. The van der Waals surface area contributed by atoms with Gasteiger partial charge in [0.05, 0.1) is 12.3 Å². The molecule has 0 aliphatic carbocycles. The number of hydrogen-bond acceptors (Lipinski definition) is 2. The van der Waals surface area contributed by atoms with Crippen molar-refractivity contribution in [2.24, 2.45) is 0 Å². The lowest BCUT2D eigenvalue weighted by molar-refractivity contribution is -0.132. The number of nitrogens with zero attached hydrogens (tertiary/aromatic N) is 1. The van der Waals surface area contributed by atoms with Crippen molar-refractivity contribution in [3.63, 3.8) is 0 Å². The van der Waals surface area contributed by atoms with Crippen molar-refractivity contribution in [3.8, 4) is 0 Å². The molecule has 0 spiro atoms. The van der Waals surface area contributed by atoms with E-state index in [2.05, 4.69) is 67.5 Å². The van der Waals surface area contributed by atoms with Crippen molar-refractivity contribution in [1.29, 1.82) is 0 Å². The van der Waals surface area contributed by atoms with Crippen LogP contribution >= 0.6 is 0 Å². The Morgan fingerprint density at radius 3 is 2.03 bits per heavy atom. The highest BCUT2D eigenvalue weighted by Gasteiger charge is 2.46. The lowest BCUT2D eigenvalue weighted by Gasteiger charge is -2.41. The first-order valence-corrected chi connectivity index (χ1v) is 14.0. The summed E-state index contributed by atoms with van der Waals surface area (Å²) in [7, 11) is -1.93. The molecule has 0 unspecified atom stereocenters. The number of carbonyl (C=O) groups excluding carboxylic acids is 1. The molecule has 1 aromatic carbocycles. The van der Waals surface area contributed by atoms with Gasteiger partial charge in [-0.15, -0.1) is 0 Å². The van der Waals surface area contributed by atoms with E-state index in [-0.39, 0.29) is 11.9 Å². The van der Waals surface area contributed by atoms with Gasteiger partial charge in [-0.25, -0.2) is 0 Å². The van der Waals surface area contributed by atoms with Crippen molar-refractivity contribution in [2.75, 3.05) is 6.54 Å². The third kappa shape index (κ3) is 7.00. The number of amides is 1. The molecule has 1 atom stereocenters. The largest absolute Gasteiger partial charge is 0.548 e. The van der Waals surface area contributed by atoms with E-state index < -0.39 is 8.32 Å². The Morgan fingerprint density at radius 2 is 1.53 bits per heavy atom. The zero-order chi connectivity index (χ0) is 22.7. The highest BCUT2D eigenvalue weighted by molar-refractivity contribution is 6.77. The fraction of sp³-hybridized carbons (Fsp3) is 0.654. The number of carbonyl (C=O) groups is 1. The molecule has 0 N–H and O–H groups in total. The summed E-state index contributed by atoms with van der Waals surface area (Å²) < 4.78 is 6.55. The minimum atomic E-state index is -1.93. The van der Waals surface area contributed by atoms with E-state index in [1.807, 2.05) is 35.4 Å². The third-order valence-electron chi connectivity index (χ3n) is 6.44. The van der Waals surface area contributed by atoms with Crippen LogP contribution in [0.2, 0.25) is 16.6 Å². The Bertz CT molecular complexity index is 618. The van der Waals surface area contributed by atoms with Crippen LogP contribution < -0.4 is 0 Å². The second-order valence-corrected chi connectivity index (χ2v) is 14.8. The minimum absolute atomic E-state index is 0.0484. The van der Waals surface area contributed by atoms with Gasteiger partial charge in [-0.2, -0.15) is 0 Å². The van der Waals surface area contributed by atoms with Gasteiger partial charge in [-0.3, -0.25) is 4.79 Å². The Kier molecular flexibility index (Phi) is 11.5. The van der Waals surface area contributed by atoms with Crippen LogP contribution in [0, 0.1) is 0 Å². The van der Waals surface area contributed by atoms with Crippen molar-refractivity contribution in [2.45, 2.75) is 104 Å². The maximum absolute atomic E-state index is 13.0. The molecule has 0 radical (unpaired) electrons. The predicted molar refractivity (Wildman–Crippen MR) is 132 cm³/mol. The molecule has 0 aromatic heterocycles. The summed E-state index contributed by atoms with van der Waals surface area (Å²) >= 11 is 0. The molecule has 170 valence electrons. The smallest absolute Gasteiger partial charge is 0.257 e. The van der Waals surface area contributed by atoms with Gasteiger partial charge in [0.2, 0.25) is 5.91 Å². The summed E-state index contributed by atoms with van der Waals surface area (Å²) in [6.45, 7) is 18.6. The van der Waals surface area contributed by atoms with Crippen LogP contribution in [0.5, 0.6) is 0 Å². The van der Waals surface area contributed by atoms with Gasteiger partial charge in [-0.05, 0) is 41.6 Å².